The lowest BCUT2D eigenvalue weighted by atomic mass is 10.1. The molecule has 0 fully saturated rings. The number of hydrogen-bond acceptors (Lipinski definition) is 2. The molecular formula is C19H23FN4O. The maximum absolute atomic E-state index is 13.2. The van der Waals surface area contributed by atoms with Crippen molar-refractivity contribution >= 4 is 11.9 Å². The van der Waals surface area contributed by atoms with Crippen LogP contribution in [0.4, 0.5) is 4.39 Å². The van der Waals surface area contributed by atoms with Crippen molar-refractivity contribution in [1.29, 1.82) is 0 Å². The lowest BCUT2D eigenvalue weighted by Crippen LogP contribution is -2.36. The molecule has 0 aromatic heterocycles. The molecule has 2 aromatic carbocycles. The molecule has 3 N–H and O–H groups in total. The van der Waals surface area contributed by atoms with Crippen LogP contribution in [-0.4, -0.2) is 25.5 Å². The van der Waals surface area contributed by atoms with Gasteiger partial charge in [-0.2, -0.15) is 0 Å². The van der Waals surface area contributed by atoms with Crippen molar-refractivity contribution in [2.45, 2.75) is 20.0 Å². The summed E-state index contributed by atoms with van der Waals surface area (Å²) in [5, 5.41) is 9.10. The van der Waals surface area contributed by atoms with Crippen LogP contribution in [0.2, 0.25) is 0 Å². The van der Waals surface area contributed by atoms with Gasteiger partial charge in [-0.25, -0.2) is 4.39 Å². The van der Waals surface area contributed by atoms with Crippen molar-refractivity contribution in [3.8, 4) is 0 Å². The van der Waals surface area contributed by atoms with Crippen LogP contribution < -0.4 is 16.0 Å². The minimum Gasteiger partial charge on any atom is -0.352 e. The highest BCUT2D eigenvalue weighted by Gasteiger charge is 2.05. The van der Waals surface area contributed by atoms with Crippen LogP contribution in [0.1, 0.15) is 28.4 Å². The molecule has 1 amide bonds. The van der Waals surface area contributed by atoms with Crippen LogP contribution in [0.5, 0.6) is 0 Å². The molecule has 0 unspecified atom stereocenters. The molecule has 0 radical (unpaired) electrons. The third-order valence-electron chi connectivity index (χ3n) is 3.56. The second-order valence-electron chi connectivity index (χ2n) is 5.47. The van der Waals surface area contributed by atoms with Crippen molar-refractivity contribution < 1.29 is 9.18 Å². The standard InChI is InChI=1S/C19H23FN4O/c1-3-22-18(25)16-8-4-6-14(10-16)12-23-19(21-2)24-13-15-7-5-9-17(20)11-15/h4-11H,3,12-13H2,1-2H3,(H,22,25)(H2,21,23,24). The Kier molecular flexibility index (Phi) is 6.95. The lowest BCUT2D eigenvalue weighted by Gasteiger charge is -2.12. The number of aliphatic imine (C=N–C) groups is 1. The smallest absolute Gasteiger partial charge is 0.251 e. The van der Waals surface area contributed by atoms with Gasteiger partial charge >= 0.3 is 0 Å². The zero-order valence-electron chi connectivity index (χ0n) is 14.5. The first-order chi connectivity index (χ1) is 12.1. The van der Waals surface area contributed by atoms with E-state index in [1.807, 2.05) is 31.2 Å². The Morgan fingerprint density at radius 1 is 1.00 bits per heavy atom. The minimum absolute atomic E-state index is 0.0852. The third-order valence-corrected chi connectivity index (χ3v) is 3.56. The van der Waals surface area contributed by atoms with E-state index in [1.54, 1.807) is 19.2 Å². The highest BCUT2D eigenvalue weighted by atomic mass is 19.1. The average molecular weight is 342 g/mol. The second kappa shape index (κ2) is 9.42. The maximum Gasteiger partial charge on any atom is 0.251 e. The average Bonchev–Trinajstić information content (AvgIpc) is 2.62. The summed E-state index contributed by atoms with van der Waals surface area (Å²) in [6.07, 6.45) is 0. The van der Waals surface area contributed by atoms with E-state index in [0.717, 1.165) is 11.1 Å². The highest BCUT2D eigenvalue weighted by molar-refractivity contribution is 5.94. The SMILES string of the molecule is CCNC(=O)c1cccc(CNC(=NC)NCc2cccc(F)c2)c1. The fourth-order valence-corrected chi connectivity index (χ4v) is 2.32. The molecule has 0 aliphatic carbocycles. The molecule has 2 aromatic rings. The Balaban J connectivity index is 1.90. The summed E-state index contributed by atoms with van der Waals surface area (Å²) < 4.78 is 13.2. The normalized spacial score (nSPS) is 11.1. The van der Waals surface area contributed by atoms with Gasteiger partial charge in [0, 0.05) is 32.2 Å². The summed E-state index contributed by atoms with van der Waals surface area (Å²) in [5.74, 6) is 0.259. The topological polar surface area (TPSA) is 65.5 Å². The number of benzene rings is 2. The van der Waals surface area contributed by atoms with E-state index in [-0.39, 0.29) is 11.7 Å². The van der Waals surface area contributed by atoms with Gasteiger partial charge < -0.3 is 16.0 Å². The third kappa shape index (κ3) is 5.91. The van der Waals surface area contributed by atoms with Gasteiger partial charge in [-0.15, -0.1) is 0 Å². The van der Waals surface area contributed by atoms with Crippen LogP contribution in [0.25, 0.3) is 0 Å². The van der Waals surface area contributed by atoms with Crippen LogP contribution in [-0.2, 0) is 13.1 Å². The van der Waals surface area contributed by atoms with Crippen LogP contribution in [0, 0.1) is 5.82 Å². The van der Waals surface area contributed by atoms with Crippen LogP contribution in [0.3, 0.4) is 0 Å². The van der Waals surface area contributed by atoms with E-state index in [0.29, 0.717) is 31.2 Å². The van der Waals surface area contributed by atoms with E-state index in [1.165, 1.54) is 12.1 Å². The molecule has 0 spiro atoms. The quantitative estimate of drug-likeness (QED) is 0.558. The maximum atomic E-state index is 13.2. The monoisotopic (exact) mass is 342 g/mol. The number of carbonyl (C=O) groups is 1. The number of rotatable bonds is 6. The number of nitrogens with zero attached hydrogens (tertiary/aromatic N) is 1. The van der Waals surface area contributed by atoms with Gasteiger partial charge in [-0.1, -0.05) is 24.3 Å². The Hall–Kier alpha value is -2.89. The van der Waals surface area contributed by atoms with E-state index >= 15 is 0 Å². The largest absolute Gasteiger partial charge is 0.352 e. The predicted molar refractivity (Wildman–Crippen MR) is 97.9 cm³/mol. The fourth-order valence-electron chi connectivity index (χ4n) is 2.32. The van der Waals surface area contributed by atoms with Gasteiger partial charge in [0.05, 0.1) is 0 Å². The summed E-state index contributed by atoms with van der Waals surface area (Å²) >= 11 is 0. The summed E-state index contributed by atoms with van der Waals surface area (Å²) in [5.41, 5.74) is 2.43. The Labute approximate surface area is 147 Å². The zero-order valence-corrected chi connectivity index (χ0v) is 14.5. The molecule has 0 saturated heterocycles. The number of guanidine groups is 1. The first-order valence-electron chi connectivity index (χ1n) is 8.18. The van der Waals surface area contributed by atoms with Crippen molar-refractivity contribution in [2.75, 3.05) is 13.6 Å². The molecule has 5 nitrogen and oxygen atoms in total. The van der Waals surface area contributed by atoms with Crippen molar-refractivity contribution in [2.24, 2.45) is 4.99 Å². The van der Waals surface area contributed by atoms with Gasteiger partial charge in [0.2, 0.25) is 0 Å². The van der Waals surface area contributed by atoms with Crippen molar-refractivity contribution in [1.82, 2.24) is 16.0 Å². The molecule has 0 aliphatic heterocycles. The van der Waals surface area contributed by atoms with Gasteiger partial charge in [-0.05, 0) is 42.3 Å². The molecule has 6 heteroatoms. The van der Waals surface area contributed by atoms with E-state index in [4.69, 9.17) is 0 Å². The summed E-state index contributed by atoms with van der Waals surface area (Å²) in [6, 6.07) is 13.8. The molecule has 0 atom stereocenters. The number of carbonyl (C=O) groups excluding carboxylic acids is 1. The first-order valence-corrected chi connectivity index (χ1v) is 8.18. The molecule has 0 aliphatic rings. The number of nitrogens with one attached hydrogen (secondary N) is 3. The molecule has 2 rings (SSSR count). The molecular weight excluding hydrogens is 319 g/mol. The first kappa shape index (κ1) is 18.4. The zero-order chi connectivity index (χ0) is 18.1. The van der Waals surface area contributed by atoms with Gasteiger partial charge in [0.25, 0.3) is 5.91 Å². The highest BCUT2D eigenvalue weighted by Crippen LogP contribution is 2.06. The number of halogens is 1. The molecule has 0 heterocycles. The van der Waals surface area contributed by atoms with Gasteiger partial charge in [0.1, 0.15) is 5.82 Å². The summed E-state index contributed by atoms with van der Waals surface area (Å²) in [7, 11) is 1.67. The Morgan fingerprint density at radius 2 is 1.64 bits per heavy atom. The van der Waals surface area contributed by atoms with Crippen LogP contribution >= 0.6 is 0 Å². The number of amides is 1. The minimum atomic E-state index is -0.260. The van der Waals surface area contributed by atoms with E-state index < -0.39 is 0 Å². The molecule has 25 heavy (non-hydrogen) atoms. The van der Waals surface area contributed by atoms with E-state index in [2.05, 4.69) is 20.9 Å². The molecule has 0 bridgehead atoms. The van der Waals surface area contributed by atoms with E-state index in [9.17, 15) is 9.18 Å². The second-order valence-corrected chi connectivity index (χ2v) is 5.47. The fraction of sp³-hybridized carbons (Fsp3) is 0.263. The summed E-state index contributed by atoms with van der Waals surface area (Å²) in [4.78, 5) is 16.0. The number of hydrogen-bond donors (Lipinski definition) is 3. The summed E-state index contributed by atoms with van der Waals surface area (Å²) in [6.45, 7) is 3.47. The van der Waals surface area contributed by atoms with Gasteiger partial charge in [0.15, 0.2) is 5.96 Å². The molecule has 132 valence electrons. The van der Waals surface area contributed by atoms with Crippen LogP contribution in [0.15, 0.2) is 53.5 Å². The van der Waals surface area contributed by atoms with Crippen molar-refractivity contribution in [3.63, 3.8) is 0 Å². The Morgan fingerprint density at radius 3 is 2.24 bits per heavy atom. The van der Waals surface area contributed by atoms with Crippen molar-refractivity contribution in [3.05, 3.63) is 71.0 Å². The Bertz CT molecular complexity index is 746. The molecule has 0 saturated carbocycles. The van der Waals surface area contributed by atoms with Gasteiger partial charge in [-0.3, -0.25) is 9.79 Å². The lowest BCUT2D eigenvalue weighted by molar-refractivity contribution is 0.0955. The predicted octanol–water partition coefficient (Wildman–Crippen LogP) is 2.44.